The van der Waals surface area contributed by atoms with Gasteiger partial charge in [0.2, 0.25) is 5.95 Å². The van der Waals surface area contributed by atoms with E-state index in [4.69, 9.17) is 15.2 Å². The van der Waals surface area contributed by atoms with Crippen molar-refractivity contribution in [3.8, 4) is 11.5 Å². The van der Waals surface area contributed by atoms with Gasteiger partial charge in [-0.3, -0.25) is 0 Å². The topological polar surface area (TPSA) is 62.3 Å². The summed E-state index contributed by atoms with van der Waals surface area (Å²) in [6.07, 6.45) is 1.75. The number of hydrogen-bond donors (Lipinski definition) is 1. The lowest BCUT2D eigenvalue weighted by Crippen LogP contribution is -2.11. The molecule has 0 aliphatic carbocycles. The molecule has 0 atom stereocenters. The molecule has 0 saturated heterocycles. The highest BCUT2D eigenvalue weighted by Gasteiger charge is 2.10. The van der Waals surface area contributed by atoms with E-state index < -0.39 is 0 Å². The lowest BCUT2D eigenvalue weighted by atomic mass is 10.3. The number of nitrogens with zero attached hydrogens (tertiary/aromatic N) is 2. The zero-order valence-corrected chi connectivity index (χ0v) is 11.5. The van der Waals surface area contributed by atoms with E-state index in [2.05, 4.69) is 18.8 Å². The molecule has 0 amide bonds. The van der Waals surface area contributed by atoms with Crippen molar-refractivity contribution in [3.63, 3.8) is 0 Å². The molecular weight excluding hydrogens is 242 g/mol. The second-order valence-electron chi connectivity index (χ2n) is 4.54. The zero-order chi connectivity index (χ0) is 13.8. The molecule has 0 fully saturated rings. The maximum Gasteiger partial charge on any atom is 0.200 e. The number of aromatic nitrogens is 2. The minimum atomic E-state index is 0.256. The third-order valence-corrected chi connectivity index (χ3v) is 2.85. The van der Waals surface area contributed by atoms with Crippen LogP contribution in [-0.2, 0) is 6.61 Å². The van der Waals surface area contributed by atoms with E-state index in [0.29, 0.717) is 12.6 Å². The monoisotopic (exact) mass is 261 g/mol. The third kappa shape index (κ3) is 2.99. The van der Waals surface area contributed by atoms with Crippen molar-refractivity contribution < 1.29 is 9.47 Å². The summed E-state index contributed by atoms with van der Waals surface area (Å²) in [5.41, 5.74) is 6.79. The van der Waals surface area contributed by atoms with Crippen LogP contribution in [0.25, 0.3) is 0 Å². The van der Waals surface area contributed by atoms with Gasteiger partial charge in [0.1, 0.15) is 18.1 Å². The number of imidazole rings is 1. The normalized spacial score (nSPS) is 10.7. The molecule has 1 aromatic carbocycles. The van der Waals surface area contributed by atoms with Crippen LogP contribution < -0.4 is 15.2 Å². The van der Waals surface area contributed by atoms with Gasteiger partial charge in [-0.25, -0.2) is 4.98 Å². The Balaban J connectivity index is 2.10. The molecule has 2 rings (SSSR count). The van der Waals surface area contributed by atoms with Crippen LogP contribution in [0.1, 0.15) is 25.6 Å². The van der Waals surface area contributed by atoms with E-state index in [9.17, 15) is 0 Å². The van der Waals surface area contributed by atoms with Crippen molar-refractivity contribution in [1.82, 2.24) is 9.55 Å². The number of ether oxygens (including phenoxy) is 2. The van der Waals surface area contributed by atoms with E-state index in [1.165, 1.54) is 0 Å². The predicted molar refractivity (Wildman–Crippen MR) is 74.4 cm³/mol. The average Bonchev–Trinajstić information content (AvgIpc) is 2.78. The van der Waals surface area contributed by atoms with Crippen molar-refractivity contribution in [2.45, 2.75) is 26.5 Å². The standard InChI is InChI=1S/C14H19N3O2/c1-10(2)17-11(8-16-14(17)15)9-19-13-6-4-5-12(7-13)18-3/h4-8,10H,9H2,1-3H3,(H2,15,16). The highest BCUT2D eigenvalue weighted by atomic mass is 16.5. The first-order valence-electron chi connectivity index (χ1n) is 6.20. The number of hydrogen-bond acceptors (Lipinski definition) is 4. The van der Waals surface area contributed by atoms with Crippen LogP contribution in [0, 0.1) is 0 Å². The summed E-state index contributed by atoms with van der Waals surface area (Å²) in [4.78, 5) is 4.12. The summed E-state index contributed by atoms with van der Waals surface area (Å²) < 4.78 is 12.9. The molecule has 5 heteroatoms. The van der Waals surface area contributed by atoms with E-state index in [-0.39, 0.29) is 6.04 Å². The molecular formula is C14H19N3O2. The van der Waals surface area contributed by atoms with Crippen molar-refractivity contribution in [2.75, 3.05) is 12.8 Å². The van der Waals surface area contributed by atoms with Crippen LogP contribution in [-0.4, -0.2) is 16.7 Å². The molecule has 0 radical (unpaired) electrons. The van der Waals surface area contributed by atoms with Gasteiger partial charge in [0.25, 0.3) is 0 Å². The first-order valence-corrected chi connectivity index (χ1v) is 6.20. The van der Waals surface area contributed by atoms with Gasteiger partial charge < -0.3 is 19.8 Å². The maximum atomic E-state index is 5.83. The van der Waals surface area contributed by atoms with Crippen molar-refractivity contribution in [3.05, 3.63) is 36.2 Å². The van der Waals surface area contributed by atoms with Crippen LogP contribution >= 0.6 is 0 Å². The molecule has 0 bridgehead atoms. The van der Waals surface area contributed by atoms with E-state index >= 15 is 0 Å². The number of nitrogens with two attached hydrogens (primary N) is 1. The van der Waals surface area contributed by atoms with Crippen molar-refractivity contribution in [2.24, 2.45) is 0 Å². The number of methoxy groups -OCH3 is 1. The molecule has 0 unspecified atom stereocenters. The summed E-state index contributed by atoms with van der Waals surface area (Å²) >= 11 is 0. The SMILES string of the molecule is COc1cccc(OCc2cnc(N)n2C(C)C)c1. The summed E-state index contributed by atoms with van der Waals surface area (Å²) in [7, 11) is 1.63. The quantitative estimate of drug-likeness (QED) is 0.898. The second-order valence-corrected chi connectivity index (χ2v) is 4.54. The van der Waals surface area contributed by atoms with Crippen molar-refractivity contribution in [1.29, 1.82) is 0 Å². The highest BCUT2D eigenvalue weighted by Crippen LogP contribution is 2.21. The van der Waals surface area contributed by atoms with Gasteiger partial charge in [0.05, 0.1) is 19.0 Å². The Morgan fingerprint density at radius 2 is 2.05 bits per heavy atom. The fourth-order valence-corrected chi connectivity index (χ4v) is 1.96. The van der Waals surface area contributed by atoms with Crippen LogP contribution in [0.15, 0.2) is 30.5 Å². The first-order chi connectivity index (χ1) is 9.11. The minimum absolute atomic E-state index is 0.256. The molecule has 0 spiro atoms. The van der Waals surface area contributed by atoms with E-state index in [0.717, 1.165) is 17.2 Å². The van der Waals surface area contributed by atoms with Gasteiger partial charge in [0.15, 0.2) is 0 Å². The van der Waals surface area contributed by atoms with Gasteiger partial charge in [-0.2, -0.15) is 0 Å². The Bertz CT molecular complexity index is 549. The molecule has 5 nitrogen and oxygen atoms in total. The van der Waals surface area contributed by atoms with Crippen LogP contribution in [0.2, 0.25) is 0 Å². The van der Waals surface area contributed by atoms with Crippen LogP contribution in [0.3, 0.4) is 0 Å². The highest BCUT2D eigenvalue weighted by molar-refractivity contribution is 5.33. The number of rotatable bonds is 5. The molecule has 1 heterocycles. The molecule has 19 heavy (non-hydrogen) atoms. The van der Waals surface area contributed by atoms with Gasteiger partial charge in [-0.05, 0) is 26.0 Å². The summed E-state index contributed by atoms with van der Waals surface area (Å²) in [5, 5.41) is 0. The molecule has 0 saturated carbocycles. The van der Waals surface area contributed by atoms with Gasteiger partial charge in [-0.15, -0.1) is 0 Å². The maximum absolute atomic E-state index is 5.83. The fraction of sp³-hybridized carbons (Fsp3) is 0.357. The predicted octanol–water partition coefficient (Wildman–Crippen LogP) is 2.63. The fourth-order valence-electron chi connectivity index (χ4n) is 1.96. The molecule has 0 aliphatic heterocycles. The number of benzene rings is 1. The third-order valence-electron chi connectivity index (χ3n) is 2.85. The lowest BCUT2D eigenvalue weighted by Gasteiger charge is -2.14. The van der Waals surface area contributed by atoms with Gasteiger partial charge in [-0.1, -0.05) is 6.07 Å². The number of anilines is 1. The summed E-state index contributed by atoms with van der Waals surface area (Å²) in [6.45, 7) is 4.55. The first kappa shape index (κ1) is 13.3. The summed E-state index contributed by atoms with van der Waals surface area (Å²) in [5.74, 6) is 2.04. The summed E-state index contributed by atoms with van der Waals surface area (Å²) in [6, 6.07) is 7.76. The van der Waals surface area contributed by atoms with Crippen LogP contribution in [0.4, 0.5) is 5.95 Å². The molecule has 2 aromatic rings. The van der Waals surface area contributed by atoms with E-state index in [1.54, 1.807) is 13.3 Å². The van der Waals surface area contributed by atoms with Gasteiger partial charge >= 0.3 is 0 Å². The molecule has 1 aromatic heterocycles. The van der Waals surface area contributed by atoms with Gasteiger partial charge in [0, 0.05) is 12.1 Å². The smallest absolute Gasteiger partial charge is 0.200 e. The van der Waals surface area contributed by atoms with Crippen LogP contribution in [0.5, 0.6) is 11.5 Å². The Hall–Kier alpha value is -2.17. The lowest BCUT2D eigenvalue weighted by molar-refractivity contribution is 0.290. The largest absolute Gasteiger partial charge is 0.497 e. The van der Waals surface area contributed by atoms with E-state index in [1.807, 2.05) is 28.8 Å². The Morgan fingerprint density at radius 3 is 2.74 bits per heavy atom. The molecule has 0 aliphatic rings. The Morgan fingerprint density at radius 1 is 1.32 bits per heavy atom. The minimum Gasteiger partial charge on any atom is -0.497 e. The molecule has 2 N–H and O–H groups in total. The number of nitrogen functional groups attached to an aromatic ring is 1. The average molecular weight is 261 g/mol. The van der Waals surface area contributed by atoms with Crippen molar-refractivity contribution >= 4 is 5.95 Å². The molecule has 102 valence electrons. The zero-order valence-electron chi connectivity index (χ0n) is 11.5. The Kier molecular flexibility index (Phi) is 3.94. The second kappa shape index (κ2) is 5.65. The Labute approximate surface area is 113 Å².